The number of nitrogens with one attached hydrogen (secondary N) is 2. The highest BCUT2D eigenvalue weighted by Crippen LogP contribution is 1.88. The van der Waals surface area contributed by atoms with Crippen molar-refractivity contribution < 1.29 is 4.79 Å². The molecule has 0 radical (unpaired) electrons. The maximum atomic E-state index is 11.3. The molecular weight excluding hydrogens is 216 g/mol. The highest BCUT2D eigenvalue weighted by atomic mass is 16.1. The zero-order valence-corrected chi connectivity index (χ0v) is 10.6. The maximum Gasteiger partial charge on any atom is 0.233 e. The van der Waals surface area contributed by atoms with Crippen LogP contribution in [0.2, 0.25) is 0 Å². The summed E-state index contributed by atoms with van der Waals surface area (Å²) in [4.78, 5) is 11.3. The van der Waals surface area contributed by atoms with Gasteiger partial charge in [0.25, 0.3) is 0 Å². The predicted octanol–water partition coefficient (Wildman–Crippen LogP) is 0.635. The molecule has 0 spiro atoms. The third-order valence-corrected chi connectivity index (χ3v) is 2.29. The molecule has 1 rings (SSSR count). The number of aryl methyl sites for hydroxylation is 1. The number of carbonyl (C=O) groups excluding carboxylic acids is 1. The fourth-order valence-corrected chi connectivity index (χ4v) is 1.38. The summed E-state index contributed by atoms with van der Waals surface area (Å²) in [6, 6.07) is 1.91. The van der Waals surface area contributed by atoms with Crippen molar-refractivity contribution in [3.05, 3.63) is 18.5 Å². The van der Waals surface area contributed by atoms with E-state index in [0.29, 0.717) is 12.5 Å². The Morgan fingerprint density at radius 2 is 2.29 bits per heavy atom. The summed E-state index contributed by atoms with van der Waals surface area (Å²) in [7, 11) is 0. The van der Waals surface area contributed by atoms with E-state index in [4.69, 9.17) is 0 Å². The normalized spacial score (nSPS) is 10.8. The number of nitrogens with zero attached hydrogens (tertiary/aromatic N) is 2. The highest BCUT2D eigenvalue weighted by molar-refractivity contribution is 5.77. The highest BCUT2D eigenvalue weighted by Gasteiger charge is 2.00. The van der Waals surface area contributed by atoms with Gasteiger partial charge in [-0.25, -0.2) is 0 Å². The Morgan fingerprint density at radius 3 is 2.94 bits per heavy atom. The van der Waals surface area contributed by atoms with Crippen molar-refractivity contribution in [3.8, 4) is 0 Å². The van der Waals surface area contributed by atoms with Gasteiger partial charge in [0.1, 0.15) is 0 Å². The minimum absolute atomic E-state index is 0.0674. The van der Waals surface area contributed by atoms with Gasteiger partial charge in [0.15, 0.2) is 0 Å². The van der Waals surface area contributed by atoms with E-state index in [-0.39, 0.29) is 5.91 Å². The van der Waals surface area contributed by atoms with Gasteiger partial charge in [0.2, 0.25) is 5.91 Å². The molecule has 0 aliphatic rings. The Bertz CT molecular complexity index is 308. The van der Waals surface area contributed by atoms with Crippen LogP contribution >= 0.6 is 0 Å². The molecule has 0 saturated carbocycles. The van der Waals surface area contributed by atoms with Crippen molar-refractivity contribution in [3.63, 3.8) is 0 Å². The van der Waals surface area contributed by atoms with Gasteiger partial charge in [0.05, 0.1) is 6.54 Å². The van der Waals surface area contributed by atoms with Crippen molar-refractivity contribution >= 4 is 5.91 Å². The van der Waals surface area contributed by atoms with Crippen molar-refractivity contribution in [2.45, 2.75) is 26.8 Å². The third kappa shape index (κ3) is 6.73. The van der Waals surface area contributed by atoms with Gasteiger partial charge in [-0.05, 0) is 24.9 Å². The van der Waals surface area contributed by atoms with Crippen molar-refractivity contribution in [2.24, 2.45) is 5.92 Å². The van der Waals surface area contributed by atoms with Crippen LogP contribution in [0.3, 0.4) is 0 Å². The molecule has 2 N–H and O–H groups in total. The lowest BCUT2D eigenvalue weighted by Gasteiger charge is -2.08. The summed E-state index contributed by atoms with van der Waals surface area (Å²) in [5.74, 6) is 0.566. The Morgan fingerprint density at radius 1 is 1.47 bits per heavy atom. The Kier molecular flexibility index (Phi) is 6.32. The minimum Gasteiger partial charge on any atom is -0.355 e. The molecule has 0 bridgehead atoms. The Labute approximate surface area is 103 Å². The number of hydrogen-bond acceptors (Lipinski definition) is 3. The standard InChI is InChI=1S/C12H22N4O/c1-11(2)9-14-12(17)10-13-5-3-7-16-8-4-6-15-16/h4,6,8,11,13H,3,5,7,9-10H2,1-2H3,(H,14,17). The molecule has 0 atom stereocenters. The van der Waals surface area contributed by atoms with Gasteiger partial charge >= 0.3 is 0 Å². The van der Waals surface area contributed by atoms with Crippen LogP contribution in [0.25, 0.3) is 0 Å². The first-order chi connectivity index (χ1) is 8.18. The van der Waals surface area contributed by atoms with Crippen LogP contribution in [0.4, 0.5) is 0 Å². The second-order valence-corrected chi connectivity index (χ2v) is 4.50. The molecule has 5 nitrogen and oxygen atoms in total. The van der Waals surface area contributed by atoms with E-state index < -0.39 is 0 Å². The van der Waals surface area contributed by atoms with Crippen LogP contribution < -0.4 is 10.6 Å². The van der Waals surface area contributed by atoms with Crippen LogP contribution in [0, 0.1) is 5.92 Å². The summed E-state index contributed by atoms with van der Waals surface area (Å²) in [5, 5.41) is 10.1. The van der Waals surface area contributed by atoms with Gasteiger partial charge in [-0.3, -0.25) is 9.48 Å². The fraction of sp³-hybridized carbons (Fsp3) is 0.667. The average Bonchev–Trinajstić information content (AvgIpc) is 2.79. The molecule has 1 aromatic rings. The van der Waals surface area contributed by atoms with E-state index in [1.807, 2.05) is 16.9 Å². The maximum absolute atomic E-state index is 11.3. The van der Waals surface area contributed by atoms with E-state index in [9.17, 15) is 4.79 Å². The molecule has 1 aromatic heterocycles. The SMILES string of the molecule is CC(C)CNC(=O)CNCCCn1cccn1. The Hall–Kier alpha value is -1.36. The van der Waals surface area contributed by atoms with Crippen molar-refractivity contribution in [1.29, 1.82) is 0 Å². The molecule has 0 aromatic carbocycles. The summed E-state index contributed by atoms with van der Waals surface area (Å²) in [5.41, 5.74) is 0. The number of aromatic nitrogens is 2. The lowest BCUT2D eigenvalue weighted by Crippen LogP contribution is -2.36. The third-order valence-electron chi connectivity index (χ3n) is 2.29. The predicted molar refractivity (Wildman–Crippen MR) is 67.6 cm³/mol. The number of hydrogen-bond donors (Lipinski definition) is 2. The number of carbonyl (C=O) groups is 1. The molecule has 0 fully saturated rings. The monoisotopic (exact) mass is 238 g/mol. The molecule has 17 heavy (non-hydrogen) atoms. The molecule has 1 heterocycles. The molecule has 1 amide bonds. The molecule has 0 saturated heterocycles. The van der Waals surface area contributed by atoms with E-state index in [0.717, 1.165) is 26.1 Å². The first kappa shape index (κ1) is 13.7. The van der Waals surface area contributed by atoms with Crippen molar-refractivity contribution in [1.82, 2.24) is 20.4 Å². The molecule has 0 unspecified atom stereocenters. The molecule has 0 aliphatic heterocycles. The fourth-order valence-electron chi connectivity index (χ4n) is 1.38. The Balaban J connectivity index is 1.95. The second kappa shape index (κ2) is 7.84. The quantitative estimate of drug-likeness (QED) is 0.653. The van der Waals surface area contributed by atoms with Crippen LogP contribution in [0.1, 0.15) is 20.3 Å². The summed E-state index contributed by atoms with van der Waals surface area (Å²) >= 11 is 0. The van der Waals surface area contributed by atoms with Gasteiger partial charge in [-0.2, -0.15) is 5.10 Å². The molecular formula is C12H22N4O. The number of rotatable bonds is 8. The molecule has 96 valence electrons. The minimum atomic E-state index is 0.0674. The average molecular weight is 238 g/mol. The van der Waals surface area contributed by atoms with Gasteiger partial charge < -0.3 is 10.6 Å². The van der Waals surface area contributed by atoms with Crippen molar-refractivity contribution in [2.75, 3.05) is 19.6 Å². The molecule has 5 heteroatoms. The smallest absolute Gasteiger partial charge is 0.233 e. The van der Waals surface area contributed by atoms with E-state index in [1.54, 1.807) is 6.20 Å². The first-order valence-electron chi connectivity index (χ1n) is 6.13. The zero-order valence-electron chi connectivity index (χ0n) is 10.6. The van der Waals surface area contributed by atoms with E-state index >= 15 is 0 Å². The first-order valence-corrected chi connectivity index (χ1v) is 6.13. The summed E-state index contributed by atoms with van der Waals surface area (Å²) < 4.78 is 1.89. The van der Waals surface area contributed by atoms with Gasteiger partial charge in [0, 0.05) is 25.5 Å². The van der Waals surface area contributed by atoms with Crippen LogP contribution in [0.15, 0.2) is 18.5 Å². The lowest BCUT2D eigenvalue weighted by molar-refractivity contribution is -0.120. The lowest BCUT2D eigenvalue weighted by atomic mass is 10.2. The van der Waals surface area contributed by atoms with Crippen LogP contribution in [-0.4, -0.2) is 35.3 Å². The molecule has 0 aliphatic carbocycles. The second-order valence-electron chi connectivity index (χ2n) is 4.50. The van der Waals surface area contributed by atoms with E-state index in [1.165, 1.54) is 0 Å². The van der Waals surface area contributed by atoms with Gasteiger partial charge in [-0.15, -0.1) is 0 Å². The zero-order chi connectivity index (χ0) is 12.5. The van der Waals surface area contributed by atoms with Crippen LogP contribution in [0.5, 0.6) is 0 Å². The van der Waals surface area contributed by atoms with Crippen LogP contribution in [-0.2, 0) is 11.3 Å². The summed E-state index contributed by atoms with van der Waals surface area (Å²) in [6.45, 7) is 7.01. The number of amides is 1. The van der Waals surface area contributed by atoms with Gasteiger partial charge in [-0.1, -0.05) is 13.8 Å². The topological polar surface area (TPSA) is 59.0 Å². The summed E-state index contributed by atoms with van der Waals surface area (Å²) in [6.07, 6.45) is 4.68. The van der Waals surface area contributed by atoms with E-state index in [2.05, 4.69) is 29.6 Å². The largest absolute Gasteiger partial charge is 0.355 e.